The van der Waals surface area contributed by atoms with Crippen molar-refractivity contribution < 1.29 is 19.1 Å². The Labute approximate surface area is 181 Å². The first kappa shape index (κ1) is 20.6. The molecule has 6 nitrogen and oxygen atoms in total. The molecule has 1 aliphatic heterocycles. The van der Waals surface area contributed by atoms with Gasteiger partial charge in [0.1, 0.15) is 23.7 Å². The summed E-state index contributed by atoms with van der Waals surface area (Å²) in [7, 11) is 1.55. The van der Waals surface area contributed by atoms with Crippen molar-refractivity contribution >= 4 is 56.8 Å². The third-order valence-electron chi connectivity index (χ3n) is 4.01. The molecule has 2 aromatic rings. The second kappa shape index (κ2) is 8.90. The lowest BCUT2D eigenvalue weighted by Gasteiger charge is -2.29. The van der Waals surface area contributed by atoms with Crippen molar-refractivity contribution in [3.05, 3.63) is 58.1 Å². The number of thiocarbonyl (C=S) groups is 1. The van der Waals surface area contributed by atoms with Gasteiger partial charge in [-0.3, -0.25) is 19.8 Å². The quantitative estimate of drug-likeness (QED) is 0.314. The van der Waals surface area contributed by atoms with Gasteiger partial charge >= 0.3 is 0 Å². The van der Waals surface area contributed by atoms with E-state index in [0.29, 0.717) is 22.7 Å². The highest BCUT2D eigenvalue weighted by atomic mass is 79.9. The molecule has 0 unspecified atom stereocenters. The number of nitrogens with zero attached hydrogens (tertiary/aromatic N) is 1. The lowest BCUT2D eigenvalue weighted by atomic mass is 10.1. The maximum atomic E-state index is 13.1. The fourth-order valence-electron chi connectivity index (χ4n) is 2.66. The molecule has 29 heavy (non-hydrogen) atoms. The van der Waals surface area contributed by atoms with Crippen molar-refractivity contribution in [1.29, 1.82) is 0 Å². The minimum atomic E-state index is -0.590. The average molecular weight is 471 g/mol. The van der Waals surface area contributed by atoms with E-state index < -0.39 is 11.8 Å². The summed E-state index contributed by atoms with van der Waals surface area (Å²) in [6.45, 7) is 0.0556. The molecule has 1 aliphatic rings. The lowest BCUT2D eigenvalue weighted by molar-refractivity contribution is -0.122. The van der Waals surface area contributed by atoms with E-state index in [9.17, 15) is 9.59 Å². The highest BCUT2D eigenvalue weighted by Gasteiger charge is 2.34. The summed E-state index contributed by atoms with van der Waals surface area (Å²) in [5.41, 5.74) is 0.943. The van der Waals surface area contributed by atoms with Gasteiger partial charge in [-0.15, -0.1) is 6.42 Å². The smallest absolute Gasteiger partial charge is 0.270 e. The number of ether oxygens (including phenoxy) is 2. The van der Waals surface area contributed by atoms with E-state index in [0.717, 1.165) is 4.47 Å². The summed E-state index contributed by atoms with van der Waals surface area (Å²) < 4.78 is 11.4. The van der Waals surface area contributed by atoms with Gasteiger partial charge < -0.3 is 9.47 Å². The summed E-state index contributed by atoms with van der Waals surface area (Å²) in [4.78, 5) is 26.8. The Hall–Kier alpha value is -3.15. The van der Waals surface area contributed by atoms with E-state index in [-0.39, 0.29) is 17.3 Å². The summed E-state index contributed by atoms with van der Waals surface area (Å²) >= 11 is 8.58. The third-order valence-corrected chi connectivity index (χ3v) is 4.79. The highest BCUT2D eigenvalue weighted by Crippen LogP contribution is 2.28. The van der Waals surface area contributed by atoms with E-state index >= 15 is 0 Å². The van der Waals surface area contributed by atoms with Gasteiger partial charge in [0.15, 0.2) is 5.11 Å². The number of amides is 2. The molecular formula is C21H15BrN2O4S. The number of nitrogens with one attached hydrogen (secondary N) is 1. The Morgan fingerprint density at radius 1 is 1.24 bits per heavy atom. The van der Waals surface area contributed by atoms with E-state index in [1.165, 1.54) is 11.0 Å². The van der Waals surface area contributed by atoms with Crippen molar-refractivity contribution in [3.63, 3.8) is 0 Å². The molecule has 0 bridgehead atoms. The van der Waals surface area contributed by atoms with E-state index in [4.69, 9.17) is 28.1 Å². The number of methoxy groups -OCH3 is 1. The molecule has 1 N–H and O–H groups in total. The van der Waals surface area contributed by atoms with Crippen LogP contribution in [0.25, 0.3) is 6.08 Å². The molecule has 1 saturated heterocycles. The molecule has 2 amide bonds. The maximum absolute atomic E-state index is 13.1. The van der Waals surface area contributed by atoms with E-state index in [2.05, 4.69) is 27.2 Å². The van der Waals surface area contributed by atoms with Crippen LogP contribution >= 0.6 is 28.1 Å². The van der Waals surface area contributed by atoms with Gasteiger partial charge in [-0.25, -0.2) is 0 Å². The number of hydrogen-bond donors (Lipinski definition) is 1. The minimum absolute atomic E-state index is 0.000337. The number of halogens is 1. The fraction of sp³-hybridized carbons (Fsp3) is 0.0952. The standard InChI is InChI=1S/C21H15BrN2O4S/c1-3-10-28-18-9-4-14(22)11-13(18)12-17-19(25)23-21(29)24(20(17)26)15-5-7-16(27-2)8-6-15/h1,4-9,11-12H,10H2,2H3,(H,23,25,29)/b17-12+. The van der Waals surface area contributed by atoms with Crippen LogP contribution in [0.4, 0.5) is 5.69 Å². The summed E-state index contributed by atoms with van der Waals surface area (Å²) in [5, 5.41) is 2.55. The van der Waals surface area contributed by atoms with Gasteiger partial charge in [0.2, 0.25) is 0 Å². The van der Waals surface area contributed by atoms with Crippen LogP contribution in [0.15, 0.2) is 52.5 Å². The molecule has 0 saturated carbocycles. The zero-order chi connectivity index (χ0) is 21.0. The minimum Gasteiger partial charge on any atom is -0.497 e. The zero-order valence-corrected chi connectivity index (χ0v) is 17.7. The van der Waals surface area contributed by atoms with Crippen LogP contribution < -0.4 is 19.7 Å². The van der Waals surface area contributed by atoms with Gasteiger partial charge in [-0.1, -0.05) is 21.9 Å². The van der Waals surface area contributed by atoms with Crippen LogP contribution in [0.5, 0.6) is 11.5 Å². The molecule has 8 heteroatoms. The number of rotatable bonds is 5. The number of benzene rings is 2. The molecule has 3 rings (SSSR count). The second-order valence-electron chi connectivity index (χ2n) is 5.83. The predicted octanol–water partition coefficient (Wildman–Crippen LogP) is 3.30. The number of carbonyl (C=O) groups is 2. The van der Waals surface area contributed by atoms with Gasteiger partial charge in [0.05, 0.1) is 12.8 Å². The Morgan fingerprint density at radius 2 is 1.97 bits per heavy atom. The van der Waals surface area contributed by atoms with Crippen molar-refractivity contribution in [1.82, 2.24) is 5.32 Å². The number of anilines is 1. The Kier molecular flexibility index (Phi) is 6.32. The van der Waals surface area contributed by atoms with Crippen LogP contribution in [0.3, 0.4) is 0 Å². The first-order valence-corrected chi connectivity index (χ1v) is 9.56. The van der Waals surface area contributed by atoms with Crippen LogP contribution in [0, 0.1) is 12.3 Å². The van der Waals surface area contributed by atoms with Crippen LogP contribution in [-0.2, 0) is 9.59 Å². The third kappa shape index (κ3) is 4.47. The fourth-order valence-corrected chi connectivity index (χ4v) is 3.32. The maximum Gasteiger partial charge on any atom is 0.270 e. The Morgan fingerprint density at radius 3 is 2.62 bits per heavy atom. The molecule has 2 aromatic carbocycles. The molecule has 1 heterocycles. The van der Waals surface area contributed by atoms with Crippen molar-refractivity contribution in [2.75, 3.05) is 18.6 Å². The van der Waals surface area contributed by atoms with Crippen molar-refractivity contribution in [2.45, 2.75) is 0 Å². The first-order valence-electron chi connectivity index (χ1n) is 8.36. The molecule has 0 spiro atoms. The first-order chi connectivity index (χ1) is 13.9. The zero-order valence-electron chi connectivity index (χ0n) is 15.3. The monoisotopic (exact) mass is 470 g/mol. The molecular weight excluding hydrogens is 456 g/mol. The van der Waals surface area contributed by atoms with Crippen LogP contribution in [-0.4, -0.2) is 30.6 Å². The van der Waals surface area contributed by atoms with Gasteiger partial charge in [-0.05, 0) is 60.8 Å². The molecule has 0 radical (unpaired) electrons. The van der Waals surface area contributed by atoms with Gasteiger partial charge in [-0.2, -0.15) is 0 Å². The van der Waals surface area contributed by atoms with Crippen LogP contribution in [0.1, 0.15) is 5.56 Å². The summed E-state index contributed by atoms with van der Waals surface area (Å²) in [6.07, 6.45) is 6.71. The molecule has 0 aromatic heterocycles. The molecule has 0 atom stereocenters. The molecule has 0 aliphatic carbocycles. The predicted molar refractivity (Wildman–Crippen MR) is 118 cm³/mol. The van der Waals surface area contributed by atoms with E-state index in [1.54, 1.807) is 49.6 Å². The van der Waals surface area contributed by atoms with Gasteiger partial charge in [0, 0.05) is 10.0 Å². The van der Waals surface area contributed by atoms with Crippen LogP contribution in [0.2, 0.25) is 0 Å². The number of hydrogen-bond acceptors (Lipinski definition) is 5. The largest absolute Gasteiger partial charge is 0.497 e. The number of terminal acetylenes is 1. The average Bonchev–Trinajstić information content (AvgIpc) is 2.71. The molecule has 1 fully saturated rings. The topological polar surface area (TPSA) is 67.9 Å². The molecule has 146 valence electrons. The summed E-state index contributed by atoms with van der Waals surface area (Å²) in [6, 6.07) is 12.0. The Bertz CT molecular complexity index is 1060. The van der Waals surface area contributed by atoms with Crippen molar-refractivity contribution in [2.24, 2.45) is 0 Å². The van der Waals surface area contributed by atoms with E-state index in [1.807, 2.05) is 0 Å². The SMILES string of the molecule is C#CCOc1ccc(Br)cc1/C=C1\C(=O)NC(=S)N(c2ccc(OC)cc2)C1=O. The lowest BCUT2D eigenvalue weighted by Crippen LogP contribution is -2.54. The number of carbonyl (C=O) groups excluding carboxylic acids is 2. The van der Waals surface area contributed by atoms with Crippen molar-refractivity contribution in [3.8, 4) is 23.8 Å². The normalized spacial score (nSPS) is 15.1. The summed E-state index contributed by atoms with van der Waals surface area (Å²) in [5.74, 6) is 2.33. The second-order valence-corrected chi connectivity index (χ2v) is 7.13. The van der Waals surface area contributed by atoms with Gasteiger partial charge in [0.25, 0.3) is 11.8 Å². The highest BCUT2D eigenvalue weighted by molar-refractivity contribution is 9.10. The Balaban J connectivity index is 2.01.